The van der Waals surface area contributed by atoms with Crippen molar-refractivity contribution < 1.29 is 0 Å². The van der Waals surface area contributed by atoms with Gasteiger partial charge in [-0.1, -0.05) is 33.3 Å². The Bertz CT molecular complexity index is 322. The third-order valence-corrected chi connectivity index (χ3v) is 3.52. The number of rotatable bonds is 7. The molecular formula is C15H26N2. The maximum atomic E-state index is 4.50. The second kappa shape index (κ2) is 7.44. The van der Waals surface area contributed by atoms with Crippen LogP contribution in [0.1, 0.15) is 44.9 Å². The molecule has 0 fully saturated rings. The largest absolute Gasteiger partial charge is 0.313 e. The Balaban J connectivity index is 2.68. The SMILES string of the molecule is CCCNC(Cc1ncccc1C)C(C)CC. The lowest BCUT2D eigenvalue weighted by atomic mass is 9.93. The van der Waals surface area contributed by atoms with Crippen LogP contribution < -0.4 is 5.32 Å². The summed E-state index contributed by atoms with van der Waals surface area (Å²) in [6, 6.07) is 4.71. The lowest BCUT2D eigenvalue weighted by Crippen LogP contribution is -2.37. The third kappa shape index (κ3) is 4.47. The van der Waals surface area contributed by atoms with Crippen molar-refractivity contribution >= 4 is 0 Å². The van der Waals surface area contributed by atoms with E-state index >= 15 is 0 Å². The predicted molar refractivity (Wildman–Crippen MR) is 74.2 cm³/mol. The molecule has 2 heteroatoms. The van der Waals surface area contributed by atoms with Crippen LogP contribution in [0.5, 0.6) is 0 Å². The Morgan fingerprint density at radius 2 is 2.12 bits per heavy atom. The lowest BCUT2D eigenvalue weighted by molar-refractivity contribution is 0.362. The van der Waals surface area contributed by atoms with Gasteiger partial charge in [0.05, 0.1) is 0 Å². The monoisotopic (exact) mass is 234 g/mol. The van der Waals surface area contributed by atoms with Gasteiger partial charge in [-0.25, -0.2) is 0 Å². The maximum absolute atomic E-state index is 4.50. The van der Waals surface area contributed by atoms with Gasteiger partial charge in [0, 0.05) is 24.4 Å². The highest BCUT2D eigenvalue weighted by Gasteiger charge is 2.16. The Morgan fingerprint density at radius 3 is 2.71 bits per heavy atom. The van der Waals surface area contributed by atoms with Crippen LogP contribution >= 0.6 is 0 Å². The Morgan fingerprint density at radius 1 is 1.35 bits per heavy atom. The van der Waals surface area contributed by atoms with Gasteiger partial charge >= 0.3 is 0 Å². The van der Waals surface area contributed by atoms with Crippen LogP contribution in [-0.4, -0.2) is 17.6 Å². The maximum Gasteiger partial charge on any atom is 0.0448 e. The molecule has 0 saturated heterocycles. The summed E-state index contributed by atoms with van der Waals surface area (Å²) >= 11 is 0. The summed E-state index contributed by atoms with van der Waals surface area (Å²) in [5.74, 6) is 0.697. The van der Waals surface area contributed by atoms with E-state index in [1.165, 1.54) is 24.1 Å². The standard InChI is InChI=1S/C15H26N2/c1-5-9-16-14(12(3)6-2)11-15-13(4)8-7-10-17-15/h7-8,10,12,14,16H,5-6,9,11H2,1-4H3. The van der Waals surface area contributed by atoms with Crippen molar-refractivity contribution in [1.82, 2.24) is 10.3 Å². The second-order valence-electron chi connectivity index (χ2n) is 4.92. The van der Waals surface area contributed by atoms with E-state index in [9.17, 15) is 0 Å². The lowest BCUT2D eigenvalue weighted by Gasteiger charge is -2.24. The van der Waals surface area contributed by atoms with Crippen molar-refractivity contribution in [1.29, 1.82) is 0 Å². The number of aromatic nitrogens is 1. The number of nitrogens with zero attached hydrogens (tertiary/aromatic N) is 1. The summed E-state index contributed by atoms with van der Waals surface area (Å²) in [5, 5.41) is 3.66. The van der Waals surface area contributed by atoms with Crippen molar-refractivity contribution in [3.63, 3.8) is 0 Å². The van der Waals surface area contributed by atoms with Crippen LogP contribution in [0.25, 0.3) is 0 Å². The Kier molecular flexibility index (Phi) is 6.20. The minimum Gasteiger partial charge on any atom is -0.313 e. The summed E-state index contributed by atoms with van der Waals surface area (Å²) < 4.78 is 0. The molecule has 1 aromatic rings. The minimum absolute atomic E-state index is 0.550. The normalized spacial score (nSPS) is 14.6. The highest BCUT2D eigenvalue weighted by atomic mass is 14.9. The van der Waals surface area contributed by atoms with Gasteiger partial charge in [0.25, 0.3) is 0 Å². The molecule has 1 heterocycles. The van der Waals surface area contributed by atoms with Crippen LogP contribution in [0.15, 0.2) is 18.3 Å². The molecule has 2 unspecified atom stereocenters. The topological polar surface area (TPSA) is 24.9 Å². The molecule has 2 atom stereocenters. The molecule has 0 aromatic carbocycles. The number of hydrogen-bond acceptors (Lipinski definition) is 2. The molecule has 0 aliphatic rings. The first kappa shape index (κ1) is 14.2. The van der Waals surface area contributed by atoms with Gasteiger partial charge in [-0.05, 0) is 37.4 Å². The molecular weight excluding hydrogens is 208 g/mol. The molecule has 1 rings (SSSR count). The second-order valence-corrected chi connectivity index (χ2v) is 4.92. The van der Waals surface area contributed by atoms with Crippen LogP contribution in [0.4, 0.5) is 0 Å². The molecule has 0 radical (unpaired) electrons. The van der Waals surface area contributed by atoms with E-state index in [2.05, 4.69) is 44.1 Å². The molecule has 1 aromatic heterocycles. The number of nitrogens with one attached hydrogen (secondary N) is 1. The first-order chi connectivity index (χ1) is 8.19. The van der Waals surface area contributed by atoms with E-state index < -0.39 is 0 Å². The zero-order valence-electron chi connectivity index (χ0n) is 11.7. The molecule has 96 valence electrons. The fraction of sp³-hybridized carbons (Fsp3) is 0.667. The molecule has 0 aliphatic heterocycles. The van der Waals surface area contributed by atoms with Gasteiger partial charge in [-0.3, -0.25) is 4.98 Å². The molecule has 0 bridgehead atoms. The van der Waals surface area contributed by atoms with Crippen molar-refractivity contribution in [3.05, 3.63) is 29.6 Å². The van der Waals surface area contributed by atoms with E-state index in [1.807, 2.05) is 12.3 Å². The van der Waals surface area contributed by atoms with Crippen LogP contribution in [0.2, 0.25) is 0 Å². The zero-order chi connectivity index (χ0) is 12.7. The van der Waals surface area contributed by atoms with Gasteiger partial charge in [-0.15, -0.1) is 0 Å². The summed E-state index contributed by atoms with van der Waals surface area (Å²) in [7, 11) is 0. The fourth-order valence-electron chi connectivity index (χ4n) is 2.03. The third-order valence-electron chi connectivity index (χ3n) is 3.52. The number of pyridine rings is 1. The van der Waals surface area contributed by atoms with E-state index in [-0.39, 0.29) is 0 Å². The van der Waals surface area contributed by atoms with Gasteiger partial charge in [0.2, 0.25) is 0 Å². The number of hydrogen-bond donors (Lipinski definition) is 1. The molecule has 0 saturated carbocycles. The minimum atomic E-state index is 0.550. The van der Waals surface area contributed by atoms with Gasteiger partial charge in [0.15, 0.2) is 0 Å². The van der Waals surface area contributed by atoms with Gasteiger partial charge < -0.3 is 5.32 Å². The fourth-order valence-corrected chi connectivity index (χ4v) is 2.03. The van der Waals surface area contributed by atoms with Gasteiger partial charge in [0.1, 0.15) is 0 Å². The highest BCUT2D eigenvalue weighted by molar-refractivity contribution is 5.18. The summed E-state index contributed by atoms with van der Waals surface area (Å²) in [5.41, 5.74) is 2.54. The average Bonchev–Trinajstić information content (AvgIpc) is 2.35. The van der Waals surface area contributed by atoms with E-state index in [4.69, 9.17) is 0 Å². The predicted octanol–water partition coefficient (Wildman–Crippen LogP) is 3.35. The van der Waals surface area contributed by atoms with Crippen molar-refractivity contribution in [3.8, 4) is 0 Å². The molecule has 17 heavy (non-hydrogen) atoms. The smallest absolute Gasteiger partial charge is 0.0448 e. The first-order valence-electron chi connectivity index (χ1n) is 6.82. The Hall–Kier alpha value is -0.890. The molecule has 0 amide bonds. The van der Waals surface area contributed by atoms with E-state index in [0.717, 1.165) is 13.0 Å². The van der Waals surface area contributed by atoms with Crippen molar-refractivity contribution in [2.75, 3.05) is 6.54 Å². The van der Waals surface area contributed by atoms with E-state index in [0.29, 0.717) is 12.0 Å². The zero-order valence-corrected chi connectivity index (χ0v) is 11.7. The van der Waals surface area contributed by atoms with Gasteiger partial charge in [-0.2, -0.15) is 0 Å². The van der Waals surface area contributed by atoms with Crippen molar-refractivity contribution in [2.45, 2.75) is 53.0 Å². The average molecular weight is 234 g/mol. The van der Waals surface area contributed by atoms with Crippen LogP contribution in [0.3, 0.4) is 0 Å². The first-order valence-corrected chi connectivity index (χ1v) is 6.82. The molecule has 1 N–H and O–H groups in total. The van der Waals surface area contributed by atoms with E-state index in [1.54, 1.807) is 0 Å². The highest BCUT2D eigenvalue weighted by Crippen LogP contribution is 2.14. The molecule has 0 aliphatic carbocycles. The molecule has 0 spiro atoms. The summed E-state index contributed by atoms with van der Waals surface area (Å²) in [6.45, 7) is 10.0. The summed E-state index contributed by atoms with van der Waals surface area (Å²) in [4.78, 5) is 4.50. The summed E-state index contributed by atoms with van der Waals surface area (Å²) in [6.07, 6.45) is 5.35. The quantitative estimate of drug-likeness (QED) is 0.782. The number of aryl methyl sites for hydroxylation is 1. The van der Waals surface area contributed by atoms with Crippen LogP contribution in [-0.2, 0) is 6.42 Å². The van der Waals surface area contributed by atoms with Crippen LogP contribution in [0, 0.1) is 12.8 Å². The van der Waals surface area contributed by atoms with Crippen molar-refractivity contribution in [2.24, 2.45) is 5.92 Å². The Labute approximate surface area is 106 Å². The molecule has 2 nitrogen and oxygen atoms in total.